The van der Waals surface area contributed by atoms with Crippen molar-refractivity contribution in [1.82, 2.24) is 5.32 Å². The summed E-state index contributed by atoms with van der Waals surface area (Å²) in [7, 11) is 0. The quantitative estimate of drug-likeness (QED) is 0.309. The predicted molar refractivity (Wildman–Crippen MR) is 75.6 cm³/mol. The molecule has 3 saturated carbocycles. The Morgan fingerprint density at radius 1 is 1.24 bits per heavy atom. The first-order valence-corrected chi connectivity index (χ1v) is 8.04. The minimum absolute atomic E-state index is 0.0251. The van der Waals surface area contributed by atoms with E-state index in [1.807, 2.05) is 0 Å². The Kier molecular flexibility index (Phi) is 2.93. The highest BCUT2D eigenvalue weighted by molar-refractivity contribution is 6.07. The number of oxime groups is 1. The molecule has 4 rings (SSSR count). The van der Waals surface area contributed by atoms with Crippen LogP contribution in [0.5, 0.6) is 0 Å². The first-order chi connectivity index (χ1) is 10.2. The summed E-state index contributed by atoms with van der Waals surface area (Å²) in [5.74, 6) is 2.98. The van der Waals surface area contributed by atoms with E-state index in [1.54, 1.807) is 0 Å². The molecule has 4 fully saturated rings. The SMILES string of the molecule is NC(=NO)C1(C(=O)NC2C3C4CCC(C4)C23)CCOCC1. The number of nitrogens with two attached hydrogens (primary N) is 1. The molecule has 0 aromatic carbocycles. The van der Waals surface area contributed by atoms with Crippen molar-refractivity contribution >= 4 is 11.7 Å². The molecular weight excluding hydrogens is 270 g/mol. The van der Waals surface area contributed by atoms with Crippen LogP contribution in [0.25, 0.3) is 0 Å². The molecule has 1 saturated heterocycles. The van der Waals surface area contributed by atoms with Gasteiger partial charge in [-0.1, -0.05) is 5.16 Å². The lowest BCUT2D eigenvalue weighted by atomic mass is 9.78. The van der Waals surface area contributed by atoms with Gasteiger partial charge in [-0.15, -0.1) is 0 Å². The fourth-order valence-electron chi connectivity index (χ4n) is 5.22. The number of nitrogens with zero attached hydrogens (tertiary/aromatic N) is 1. The summed E-state index contributed by atoms with van der Waals surface area (Å²) in [4.78, 5) is 12.8. The van der Waals surface area contributed by atoms with Crippen LogP contribution in [0.15, 0.2) is 5.16 Å². The first-order valence-electron chi connectivity index (χ1n) is 8.04. The lowest BCUT2D eigenvalue weighted by molar-refractivity contribution is -0.132. The van der Waals surface area contributed by atoms with Gasteiger partial charge in [0.15, 0.2) is 5.84 Å². The second kappa shape index (κ2) is 4.60. The van der Waals surface area contributed by atoms with Crippen molar-refractivity contribution in [3.8, 4) is 0 Å². The highest BCUT2D eigenvalue weighted by Gasteiger charge is 2.66. The van der Waals surface area contributed by atoms with Gasteiger partial charge in [0.25, 0.3) is 0 Å². The Hall–Kier alpha value is -1.30. The average Bonchev–Trinajstić information content (AvgIpc) is 2.91. The Morgan fingerprint density at radius 3 is 2.43 bits per heavy atom. The predicted octanol–water partition coefficient (Wildman–Crippen LogP) is 0.690. The number of carbonyl (C=O) groups excluding carboxylic acids is 1. The molecule has 0 aromatic rings. The lowest BCUT2D eigenvalue weighted by Crippen LogP contribution is -2.53. The lowest BCUT2D eigenvalue weighted by Gasteiger charge is -2.34. The van der Waals surface area contributed by atoms with E-state index in [2.05, 4.69) is 10.5 Å². The van der Waals surface area contributed by atoms with E-state index in [-0.39, 0.29) is 11.7 Å². The molecule has 2 bridgehead atoms. The molecule has 0 radical (unpaired) electrons. The molecule has 4 atom stereocenters. The number of hydrogen-bond donors (Lipinski definition) is 3. The summed E-state index contributed by atoms with van der Waals surface area (Å²) in [6.07, 6.45) is 5.00. The molecule has 4 unspecified atom stereocenters. The van der Waals surface area contributed by atoms with Crippen molar-refractivity contribution in [2.24, 2.45) is 40.0 Å². The zero-order chi connectivity index (χ0) is 14.6. The fraction of sp³-hybridized carbons (Fsp3) is 0.867. The number of fused-ring (bicyclic) bond motifs is 5. The molecule has 6 nitrogen and oxygen atoms in total. The minimum atomic E-state index is -0.886. The van der Waals surface area contributed by atoms with Gasteiger partial charge < -0.3 is 21.0 Å². The molecule has 6 heteroatoms. The van der Waals surface area contributed by atoms with Gasteiger partial charge in [0.2, 0.25) is 5.91 Å². The number of ether oxygens (including phenoxy) is 1. The van der Waals surface area contributed by atoms with E-state index in [9.17, 15) is 4.79 Å². The van der Waals surface area contributed by atoms with Crippen molar-refractivity contribution in [3.63, 3.8) is 0 Å². The second-order valence-corrected chi connectivity index (χ2v) is 7.17. The standard InChI is InChI=1S/C15H23N3O3/c16-13(18-20)15(3-5-21-6-4-15)14(19)17-12-10-8-1-2-9(7-8)11(10)12/h8-12,20H,1-7H2,(H2,16,18)(H,17,19). The normalized spacial score (nSPS) is 43.4. The molecule has 21 heavy (non-hydrogen) atoms. The highest BCUT2D eigenvalue weighted by Crippen LogP contribution is 2.65. The van der Waals surface area contributed by atoms with E-state index >= 15 is 0 Å². The van der Waals surface area contributed by atoms with Crippen LogP contribution in [0.2, 0.25) is 0 Å². The summed E-state index contributed by atoms with van der Waals surface area (Å²) in [5, 5.41) is 15.4. The Balaban J connectivity index is 1.48. The average molecular weight is 293 g/mol. The second-order valence-electron chi connectivity index (χ2n) is 7.17. The van der Waals surface area contributed by atoms with E-state index in [4.69, 9.17) is 15.7 Å². The topological polar surface area (TPSA) is 96.9 Å². The summed E-state index contributed by atoms with van der Waals surface area (Å²) >= 11 is 0. The minimum Gasteiger partial charge on any atom is -0.409 e. The van der Waals surface area contributed by atoms with Crippen LogP contribution >= 0.6 is 0 Å². The number of amides is 1. The van der Waals surface area contributed by atoms with Crippen LogP contribution in [0.1, 0.15) is 32.1 Å². The van der Waals surface area contributed by atoms with Gasteiger partial charge in [0.1, 0.15) is 5.41 Å². The maximum atomic E-state index is 12.8. The summed E-state index contributed by atoms with van der Waals surface area (Å²) in [6.45, 7) is 0.957. The molecule has 3 aliphatic carbocycles. The van der Waals surface area contributed by atoms with Gasteiger partial charge in [-0.05, 0) is 55.8 Å². The molecule has 4 aliphatic rings. The number of amidine groups is 1. The van der Waals surface area contributed by atoms with Crippen molar-refractivity contribution in [1.29, 1.82) is 0 Å². The van der Waals surface area contributed by atoms with Crippen molar-refractivity contribution in [2.45, 2.75) is 38.1 Å². The van der Waals surface area contributed by atoms with E-state index < -0.39 is 5.41 Å². The van der Waals surface area contributed by atoms with Crippen LogP contribution in [0, 0.1) is 29.1 Å². The van der Waals surface area contributed by atoms with Gasteiger partial charge in [0, 0.05) is 19.3 Å². The highest BCUT2D eigenvalue weighted by atomic mass is 16.5. The molecular formula is C15H23N3O3. The maximum absolute atomic E-state index is 12.8. The molecule has 1 aliphatic heterocycles. The molecule has 0 spiro atoms. The Morgan fingerprint density at radius 2 is 1.86 bits per heavy atom. The summed E-state index contributed by atoms with van der Waals surface area (Å²) in [5.41, 5.74) is 4.96. The maximum Gasteiger partial charge on any atom is 0.234 e. The van der Waals surface area contributed by atoms with Crippen LogP contribution in [-0.4, -0.2) is 36.2 Å². The molecule has 1 heterocycles. The largest absolute Gasteiger partial charge is 0.409 e. The van der Waals surface area contributed by atoms with E-state index in [1.165, 1.54) is 19.3 Å². The number of hydrogen-bond acceptors (Lipinski definition) is 4. The zero-order valence-electron chi connectivity index (χ0n) is 12.1. The molecule has 4 N–H and O–H groups in total. The van der Waals surface area contributed by atoms with Gasteiger partial charge in [-0.3, -0.25) is 4.79 Å². The zero-order valence-corrected chi connectivity index (χ0v) is 12.1. The van der Waals surface area contributed by atoms with E-state index in [0.717, 1.165) is 11.8 Å². The third-order valence-corrected chi connectivity index (χ3v) is 6.41. The number of rotatable bonds is 3. The first kappa shape index (κ1) is 13.4. The van der Waals surface area contributed by atoms with Crippen LogP contribution < -0.4 is 11.1 Å². The third-order valence-electron chi connectivity index (χ3n) is 6.41. The monoisotopic (exact) mass is 293 g/mol. The molecule has 116 valence electrons. The molecule has 0 aromatic heterocycles. The number of carbonyl (C=O) groups is 1. The van der Waals surface area contributed by atoms with Gasteiger partial charge in [0.05, 0.1) is 0 Å². The van der Waals surface area contributed by atoms with Crippen LogP contribution in [-0.2, 0) is 9.53 Å². The summed E-state index contributed by atoms with van der Waals surface area (Å²) in [6, 6.07) is 0.329. The van der Waals surface area contributed by atoms with Gasteiger partial charge >= 0.3 is 0 Å². The van der Waals surface area contributed by atoms with Crippen molar-refractivity contribution in [3.05, 3.63) is 0 Å². The van der Waals surface area contributed by atoms with Gasteiger partial charge in [-0.25, -0.2) is 0 Å². The van der Waals surface area contributed by atoms with Gasteiger partial charge in [-0.2, -0.15) is 0 Å². The fourth-order valence-corrected chi connectivity index (χ4v) is 5.22. The van der Waals surface area contributed by atoms with Crippen molar-refractivity contribution < 1.29 is 14.7 Å². The smallest absolute Gasteiger partial charge is 0.234 e. The summed E-state index contributed by atoms with van der Waals surface area (Å²) < 4.78 is 5.34. The van der Waals surface area contributed by atoms with Crippen LogP contribution in [0.3, 0.4) is 0 Å². The molecule has 1 amide bonds. The number of nitrogens with one attached hydrogen (secondary N) is 1. The van der Waals surface area contributed by atoms with Crippen LogP contribution in [0.4, 0.5) is 0 Å². The van der Waals surface area contributed by atoms with Crippen molar-refractivity contribution in [2.75, 3.05) is 13.2 Å². The third kappa shape index (κ3) is 1.81. The Labute approximate surface area is 124 Å². The van der Waals surface area contributed by atoms with E-state index in [0.29, 0.717) is 43.9 Å². The Bertz CT molecular complexity index is 471.